The number of halogens is 1. The number of aryl methyl sites for hydroxylation is 1. The van der Waals surface area contributed by atoms with Crippen LogP contribution in [0.5, 0.6) is 0 Å². The van der Waals surface area contributed by atoms with Crippen LogP contribution in [0.25, 0.3) is 0 Å². The number of anilines is 3. The van der Waals surface area contributed by atoms with Crippen molar-refractivity contribution >= 4 is 34.8 Å². The second-order valence-corrected chi connectivity index (χ2v) is 5.81. The molecule has 0 saturated carbocycles. The van der Waals surface area contributed by atoms with Crippen LogP contribution in [0.2, 0.25) is 5.02 Å². The highest BCUT2D eigenvalue weighted by molar-refractivity contribution is 6.33. The molecule has 0 unspecified atom stereocenters. The van der Waals surface area contributed by atoms with Gasteiger partial charge in [0, 0.05) is 18.1 Å². The summed E-state index contributed by atoms with van der Waals surface area (Å²) in [6.45, 7) is 2.11. The van der Waals surface area contributed by atoms with Crippen LogP contribution in [-0.4, -0.2) is 15.9 Å². The summed E-state index contributed by atoms with van der Waals surface area (Å²) in [5.41, 5.74) is 3.06. The van der Waals surface area contributed by atoms with Crippen molar-refractivity contribution in [2.45, 2.75) is 13.3 Å². The number of carbonyl (C=O) groups excluding carboxylic acids is 1. The molecular formula is C19H17ClN4O. The maximum absolute atomic E-state index is 12.2. The van der Waals surface area contributed by atoms with Crippen LogP contribution >= 0.6 is 11.6 Å². The zero-order valence-corrected chi connectivity index (χ0v) is 14.4. The van der Waals surface area contributed by atoms with E-state index in [1.807, 2.05) is 24.3 Å². The number of rotatable bonds is 5. The first-order valence-corrected chi connectivity index (χ1v) is 8.27. The first-order chi connectivity index (χ1) is 12.2. The maximum Gasteiger partial charge on any atom is 0.258 e. The molecule has 0 aliphatic carbocycles. The Morgan fingerprint density at radius 1 is 1.04 bits per heavy atom. The van der Waals surface area contributed by atoms with Crippen LogP contribution in [0.4, 0.5) is 17.3 Å². The van der Waals surface area contributed by atoms with Crippen LogP contribution < -0.4 is 10.6 Å². The fourth-order valence-electron chi connectivity index (χ4n) is 2.22. The van der Waals surface area contributed by atoms with Crippen LogP contribution in [0.3, 0.4) is 0 Å². The summed E-state index contributed by atoms with van der Waals surface area (Å²) in [7, 11) is 0. The fraction of sp³-hybridized carbons (Fsp3) is 0.105. The Kier molecular flexibility index (Phi) is 5.26. The first-order valence-electron chi connectivity index (χ1n) is 7.89. The van der Waals surface area contributed by atoms with E-state index in [0.717, 1.165) is 12.1 Å². The van der Waals surface area contributed by atoms with E-state index in [4.69, 9.17) is 11.6 Å². The maximum atomic E-state index is 12.2. The highest BCUT2D eigenvalue weighted by atomic mass is 35.5. The van der Waals surface area contributed by atoms with E-state index in [9.17, 15) is 4.79 Å². The monoisotopic (exact) mass is 352 g/mol. The summed E-state index contributed by atoms with van der Waals surface area (Å²) < 4.78 is 0. The molecule has 5 nitrogen and oxygen atoms in total. The van der Waals surface area contributed by atoms with Crippen molar-refractivity contribution in [3.63, 3.8) is 0 Å². The Bertz CT molecular complexity index is 863. The smallest absolute Gasteiger partial charge is 0.258 e. The normalized spacial score (nSPS) is 10.3. The number of aromatic nitrogens is 2. The van der Waals surface area contributed by atoms with E-state index in [0.29, 0.717) is 22.2 Å². The minimum Gasteiger partial charge on any atom is -0.324 e. The zero-order valence-electron chi connectivity index (χ0n) is 13.7. The van der Waals surface area contributed by atoms with Gasteiger partial charge in [0.2, 0.25) is 5.95 Å². The number of nitrogens with one attached hydrogen (secondary N) is 2. The van der Waals surface area contributed by atoms with E-state index in [-0.39, 0.29) is 5.91 Å². The van der Waals surface area contributed by atoms with Gasteiger partial charge in [0.1, 0.15) is 0 Å². The van der Waals surface area contributed by atoms with Crippen molar-refractivity contribution < 1.29 is 4.79 Å². The van der Waals surface area contributed by atoms with Gasteiger partial charge < -0.3 is 10.6 Å². The van der Waals surface area contributed by atoms with Crippen molar-refractivity contribution in [3.8, 4) is 0 Å². The molecule has 0 fully saturated rings. The van der Waals surface area contributed by atoms with E-state index >= 15 is 0 Å². The van der Waals surface area contributed by atoms with Gasteiger partial charge in [-0.1, -0.05) is 42.8 Å². The predicted molar refractivity (Wildman–Crippen MR) is 101 cm³/mol. The van der Waals surface area contributed by atoms with Crippen molar-refractivity contribution in [1.29, 1.82) is 0 Å². The molecule has 1 aromatic heterocycles. The van der Waals surface area contributed by atoms with Gasteiger partial charge in [0.25, 0.3) is 5.91 Å². The van der Waals surface area contributed by atoms with E-state index in [1.165, 1.54) is 18.0 Å². The Morgan fingerprint density at radius 2 is 1.72 bits per heavy atom. The largest absolute Gasteiger partial charge is 0.324 e. The topological polar surface area (TPSA) is 66.9 Å². The number of para-hydroxylation sites is 1. The minimum atomic E-state index is -0.313. The summed E-state index contributed by atoms with van der Waals surface area (Å²) in [6.07, 6.45) is 3.94. The second kappa shape index (κ2) is 7.77. The molecule has 0 aliphatic heterocycles. The third kappa shape index (κ3) is 4.33. The lowest BCUT2D eigenvalue weighted by Crippen LogP contribution is -2.13. The molecule has 6 heteroatoms. The van der Waals surface area contributed by atoms with Crippen molar-refractivity contribution in [3.05, 3.63) is 77.1 Å². The molecule has 2 aromatic carbocycles. The minimum absolute atomic E-state index is 0.313. The lowest BCUT2D eigenvalue weighted by molar-refractivity contribution is 0.102. The number of amides is 1. The van der Waals surface area contributed by atoms with Crippen molar-refractivity contribution in [2.75, 3.05) is 10.6 Å². The van der Waals surface area contributed by atoms with E-state index < -0.39 is 0 Å². The predicted octanol–water partition coefficient (Wildman–Crippen LogP) is 4.69. The average molecular weight is 353 g/mol. The number of hydrogen-bond donors (Lipinski definition) is 2. The third-order valence-corrected chi connectivity index (χ3v) is 3.98. The molecule has 0 radical (unpaired) electrons. The number of benzene rings is 2. The van der Waals surface area contributed by atoms with Crippen molar-refractivity contribution in [1.82, 2.24) is 9.97 Å². The molecule has 2 N–H and O–H groups in total. The molecule has 0 aliphatic rings. The fourth-order valence-corrected chi connectivity index (χ4v) is 2.40. The average Bonchev–Trinajstić information content (AvgIpc) is 2.65. The van der Waals surface area contributed by atoms with E-state index in [1.54, 1.807) is 24.3 Å². The molecule has 3 rings (SSSR count). The molecule has 25 heavy (non-hydrogen) atoms. The lowest BCUT2D eigenvalue weighted by atomic mass is 10.1. The summed E-state index contributed by atoms with van der Waals surface area (Å²) in [4.78, 5) is 20.6. The van der Waals surface area contributed by atoms with Crippen molar-refractivity contribution in [2.24, 2.45) is 0 Å². The van der Waals surface area contributed by atoms with Crippen LogP contribution in [0.15, 0.2) is 60.9 Å². The third-order valence-electron chi connectivity index (χ3n) is 3.65. The molecule has 1 amide bonds. The van der Waals surface area contributed by atoms with E-state index in [2.05, 4.69) is 27.5 Å². The summed E-state index contributed by atoms with van der Waals surface area (Å²) in [6, 6.07) is 15.1. The zero-order chi connectivity index (χ0) is 17.6. The van der Waals surface area contributed by atoms with Crippen LogP contribution in [0.1, 0.15) is 22.8 Å². The Balaban J connectivity index is 1.67. The molecule has 0 saturated heterocycles. The highest BCUT2D eigenvalue weighted by Gasteiger charge is 2.09. The van der Waals surface area contributed by atoms with Gasteiger partial charge in [0.05, 0.1) is 16.3 Å². The second-order valence-electron chi connectivity index (χ2n) is 5.40. The lowest BCUT2D eigenvalue weighted by Gasteiger charge is -2.08. The molecule has 1 heterocycles. The summed E-state index contributed by atoms with van der Waals surface area (Å²) >= 11 is 6.04. The first kappa shape index (κ1) is 16.9. The van der Waals surface area contributed by atoms with Gasteiger partial charge in [0.15, 0.2) is 0 Å². The molecule has 3 aromatic rings. The molecule has 0 bridgehead atoms. The summed E-state index contributed by atoms with van der Waals surface area (Å²) in [5.74, 6) is 0.116. The van der Waals surface area contributed by atoms with Gasteiger partial charge in [-0.15, -0.1) is 0 Å². The molecule has 0 atom stereocenters. The quantitative estimate of drug-likeness (QED) is 0.699. The van der Waals surface area contributed by atoms with Gasteiger partial charge in [-0.3, -0.25) is 4.79 Å². The molecule has 0 spiro atoms. The molecule has 126 valence electrons. The molecular weight excluding hydrogens is 336 g/mol. The van der Waals surface area contributed by atoms with Gasteiger partial charge >= 0.3 is 0 Å². The Hall–Kier alpha value is -2.92. The SMILES string of the molecule is CCc1ccc(Nc2ncc(C(=O)Nc3ccccc3Cl)cn2)cc1. The van der Waals surface area contributed by atoms with Gasteiger partial charge in [-0.25, -0.2) is 9.97 Å². The van der Waals surface area contributed by atoms with Gasteiger partial charge in [-0.2, -0.15) is 0 Å². The number of hydrogen-bond acceptors (Lipinski definition) is 4. The van der Waals surface area contributed by atoms with Crippen LogP contribution in [0, 0.1) is 0 Å². The standard InChI is InChI=1S/C19H17ClN4O/c1-2-13-7-9-15(10-8-13)23-19-21-11-14(12-22-19)18(25)24-17-6-4-3-5-16(17)20/h3-12H,2H2,1H3,(H,24,25)(H,21,22,23). The summed E-state index contributed by atoms with van der Waals surface area (Å²) in [5, 5.41) is 6.32. The van der Waals surface area contributed by atoms with Crippen LogP contribution in [-0.2, 0) is 6.42 Å². The Morgan fingerprint density at radius 3 is 2.36 bits per heavy atom. The Labute approximate surface area is 151 Å². The van der Waals surface area contributed by atoms with Gasteiger partial charge in [-0.05, 0) is 36.2 Å². The number of carbonyl (C=O) groups is 1. The number of nitrogens with zero attached hydrogens (tertiary/aromatic N) is 2. The highest BCUT2D eigenvalue weighted by Crippen LogP contribution is 2.21.